The monoisotopic (exact) mass is 227 g/mol. The number of aromatic nitrogens is 2. The highest BCUT2D eigenvalue weighted by Gasteiger charge is 2.11. The summed E-state index contributed by atoms with van der Waals surface area (Å²) >= 11 is 7.00. The average molecular weight is 228 g/mol. The van der Waals surface area contributed by atoms with Crippen molar-refractivity contribution in [3.8, 4) is 10.6 Å². The van der Waals surface area contributed by atoms with Crippen molar-refractivity contribution in [3.63, 3.8) is 0 Å². The first kappa shape index (κ1) is 9.54. The molecule has 0 aliphatic rings. The molecule has 0 bridgehead atoms. The fraction of sp³-hybridized carbons (Fsp3) is 0. The molecule has 14 heavy (non-hydrogen) atoms. The molecule has 0 spiro atoms. The van der Waals surface area contributed by atoms with Crippen LogP contribution in [-0.2, 0) is 0 Å². The molecule has 0 amide bonds. The molecule has 0 atom stereocenters. The number of thiazole rings is 1. The van der Waals surface area contributed by atoms with Crippen LogP contribution < -0.4 is 5.48 Å². The number of hydrogen-bond donors (Lipinski definition) is 1. The summed E-state index contributed by atoms with van der Waals surface area (Å²) in [6.45, 7) is 0. The Morgan fingerprint density at radius 3 is 2.93 bits per heavy atom. The largest absolute Gasteiger partial charge is 0.630 e. The molecule has 0 fully saturated rings. The number of rotatable bonds is 2. The van der Waals surface area contributed by atoms with Crippen molar-refractivity contribution in [3.05, 3.63) is 34.9 Å². The summed E-state index contributed by atoms with van der Waals surface area (Å²) in [5, 5.41) is 12.0. The molecule has 0 unspecified atom stereocenters. The zero-order valence-corrected chi connectivity index (χ0v) is 8.55. The molecule has 0 aliphatic carbocycles. The number of quaternary nitrogens is 1. The number of pyridine rings is 1. The summed E-state index contributed by atoms with van der Waals surface area (Å²) < 4.78 is 0. The lowest BCUT2D eigenvalue weighted by Crippen LogP contribution is -2.69. The zero-order valence-electron chi connectivity index (χ0n) is 6.98. The van der Waals surface area contributed by atoms with E-state index in [1.54, 1.807) is 12.4 Å². The van der Waals surface area contributed by atoms with E-state index in [4.69, 9.17) is 11.6 Å². The highest BCUT2D eigenvalue weighted by Crippen LogP contribution is 2.31. The molecule has 0 saturated heterocycles. The second-order valence-corrected chi connectivity index (χ2v) is 3.92. The van der Waals surface area contributed by atoms with Crippen LogP contribution in [0, 0.1) is 5.21 Å². The summed E-state index contributed by atoms with van der Waals surface area (Å²) in [4.78, 5) is 8.03. The van der Waals surface area contributed by atoms with Gasteiger partial charge in [0.25, 0.3) is 0 Å². The van der Waals surface area contributed by atoms with E-state index in [2.05, 4.69) is 9.97 Å². The van der Waals surface area contributed by atoms with Gasteiger partial charge >= 0.3 is 0 Å². The molecule has 2 rings (SSSR count). The lowest BCUT2D eigenvalue weighted by Gasteiger charge is -1.94. The molecule has 0 aromatic carbocycles. The Balaban J connectivity index is 2.43. The predicted molar refractivity (Wildman–Crippen MR) is 55.3 cm³/mol. The van der Waals surface area contributed by atoms with Crippen LogP contribution in [0.15, 0.2) is 24.5 Å². The first-order chi connectivity index (χ1) is 6.81. The van der Waals surface area contributed by atoms with Gasteiger partial charge in [-0.25, -0.2) is 4.98 Å². The van der Waals surface area contributed by atoms with Crippen molar-refractivity contribution >= 4 is 27.9 Å². The van der Waals surface area contributed by atoms with Crippen LogP contribution in [-0.4, -0.2) is 9.97 Å². The van der Waals surface area contributed by atoms with Crippen LogP contribution in [0.2, 0.25) is 5.15 Å². The maximum atomic E-state index is 10.5. The molecular formula is C8H6ClN3OS. The van der Waals surface area contributed by atoms with Crippen molar-refractivity contribution < 1.29 is 5.48 Å². The highest BCUT2D eigenvalue weighted by atomic mass is 35.5. The molecule has 72 valence electrons. The predicted octanol–water partition coefficient (Wildman–Crippen LogP) is 1.55. The van der Waals surface area contributed by atoms with E-state index in [9.17, 15) is 5.21 Å². The molecule has 2 aromatic heterocycles. The van der Waals surface area contributed by atoms with E-state index >= 15 is 0 Å². The second kappa shape index (κ2) is 4.02. The Morgan fingerprint density at radius 2 is 2.36 bits per heavy atom. The van der Waals surface area contributed by atoms with Crippen molar-refractivity contribution in [2.75, 3.05) is 0 Å². The summed E-state index contributed by atoms with van der Waals surface area (Å²) in [6.07, 6.45) is 3.36. The van der Waals surface area contributed by atoms with E-state index in [0.29, 0.717) is 15.5 Å². The minimum Gasteiger partial charge on any atom is -0.630 e. The van der Waals surface area contributed by atoms with Crippen molar-refractivity contribution in [2.45, 2.75) is 0 Å². The van der Waals surface area contributed by atoms with Gasteiger partial charge in [-0.2, -0.15) is 0 Å². The Kier molecular flexibility index (Phi) is 2.74. The van der Waals surface area contributed by atoms with E-state index in [-0.39, 0.29) is 5.15 Å². The molecular weight excluding hydrogens is 222 g/mol. The minimum absolute atomic E-state index is 0.254. The topological polar surface area (TPSA) is 65.5 Å². The summed E-state index contributed by atoms with van der Waals surface area (Å²) in [7, 11) is 0. The third-order valence-electron chi connectivity index (χ3n) is 1.63. The summed E-state index contributed by atoms with van der Waals surface area (Å²) in [6, 6.07) is 3.68. The molecule has 0 radical (unpaired) electrons. The zero-order chi connectivity index (χ0) is 9.97. The SMILES string of the molecule is [O-][NH2+]c1sc(-c2cccnc2)nc1Cl. The van der Waals surface area contributed by atoms with Gasteiger partial charge in [0, 0.05) is 18.0 Å². The standard InChI is InChI=1S/C8H6ClN3OS/c9-6-8(12-13)14-7(11-6)5-2-1-3-10-4-5/h1-4H,12H2. The van der Waals surface area contributed by atoms with Crippen LogP contribution in [0.1, 0.15) is 0 Å². The van der Waals surface area contributed by atoms with Gasteiger partial charge in [0.15, 0.2) is 0 Å². The second-order valence-electron chi connectivity index (χ2n) is 2.53. The molecule has 6 heteroatoms. The van der Waals surface area contributed by atoms with Crippen LogP contribution >= 0.6 is 22.9 Å². The minimum atomic E-state index is 0.254. The van der Waals surface area contributed by atoms with E-state index < -0.39 is 0 Å². The lowest BCUT2D eigenvalue weighted by atomic mass is 10.3. The van der Waals surface area contributed by atoms with E-state index in [1.165, 1.54) is 11.3 Å². The molecule has 2 heterocycles. The summed E-state index contributed by atoms with van der Waals surface area (Å²) in [5.41, 5.74) is 1.58. The normalized spacial score (nSPS) is 10.4. The third kappa shape index (κ3) is 1.76. The molecule has 4 nitrogen and oxygen atoms in total. The van der Waals surface area contributed by atoms with Crippen molar-refractivity contribution in [2.24, 2.45) is 0 Å². The van der Waals surface area contributed by atoms with E-state index in [0.717, 1.165) is 5.56 Å². The van der Waals surface area contributed by atoms with Crippen LogP contribution in [0.5, 0.6) is 0 Å². The van der Waals surface area contributed by atoms with Gasteiger partial charge in [0.2, 0.25) is 10.2 Å². The summed E-state index contributed by atoms with van der Waals surface area (Å²) in [5.74, 6) is 0. The van der Waals surface area contributed by atoms with Gasteiger partial charge in [0.1, 0.15) is 5.01 Å². The number of nitrogens with two attached hydrogens (primary N) is 1. The Bertz CT molecular complexity index is 431. The molecule has 2 N–H and O–H groups in total. The van der Waals surface area contributed by atoms with Crippen LogP contribution in [0.25, 0.3) is 10.6 Å². The number of hydrogen-bond acceptors (Lipinski definition) is 4. The Morgan fingerprint density at radius 1 is 1.50 bits per heavy atom. The highest BCUT2D eigenvalue weighted by molar-refractivity contribution is 7.18. The maximum Gasteiger partial charge on any atom is 0.224 e. The van der Waals surface area contributed by atoms with Crippen LogP contribution in [0.3, 0.4) is 0 Å². The van der Waals surface area contributed by atoms with Crippen molar-refractivity contribution in [1.29, 1.82) is 0 Å². The van der Waals surface area contributed by atoms with Gasteiger partial charge in [-0.15, -0.1) is 0 Å². The van der Waals surface area contributed by atoms with Gasteiger partial charge in [-0.1, -0.05) is 22.9 Å². The van der Waals surface area contributed by atoms with Gasteiger partial charge in [0.05, 0.1) is 0 Å². The maximum absolute atomic E-state index is 10.5. The van der Waals surface area contributed by atoms with Gasteiger partial charge < -0.3 is 10.7 Å². The third-order valence-corrected chi connectivity index (χ3v) is 3.06. The average Bonchev–Trinajstić information content (AvgIpc) is 2.61. The quantitative estimate of drug-likeness (QED) is 0.792. The fourth-order valence-corrected chi connectivity index (χ4v) is 2.06. The Hall–Kier alpha value is -1.01. The van der Waals surface area contributed by atoms with Gasteiger partial charge in [-0.3, -0.25) is 4.98 Å². The Labute approximate surface area is 89.2 Å². The molecule has 2 aromatic rings. The van der Waals surface area contributed by atoms with Crippen molar-refractivity contribution in [1.82, 2.24) is 9.97 Å². The smallest absolute Gasteiger partial charge is 0.224 e. The number of halogens is 1. The van der Waals surface area contributed by atoms with Gasteiger partial charge in [-0.05, 0) is 12.1 Å². The fourth-order valence-electron chi connectivity index (χ4n) is 0.999. The first-order valence-electron chi connectivity index (χ1n) is 3.83. The number of nitrogens with zero attached hydrogens (tertiary/aromatic N) is 2. The first-order valence-corrected chi connectivity index (χ1v) is 5.02. The van der Waals surface area contributed by atoms with Crippen LogP contribution in [0.4, 0.5) is 5.00 Å². The molecule has 0 aliphatic heterocycles. The lowest BCUT2D eigenvalue weighted by molar-refractivity contribution is -0.492. The van der Waals surface area contributed by atoms with E-state index in [1.807, 2.05) is 12.1 Å². The molecule has 0 saturated carbocycles.